The zero-order valence-corrected chi connectivity index (χ0v) is 16.9. The lowest BCUT2D eigenvalue weighted by molar-refractivity contribution is 0.105. The van der Waals surface area contributed by atoms with Crippen LogP contribution in [0.4, 0.5) is 5.69 Å². The Labute approximate surface area is 162 Å². The SMILES string of the molecule is O=C(C1=Nc2cc(Br)cnc2CC1)c1cc2c(Br)cc(Br)cn2n1. The van der Waals surface area contributed by atoms with Crippen molar-refractivity contribution in [3.8, 4) is 0 Å². The van der Waals surface area contributed by atoms with Gasteiger partial charge in [-0.2, -0.15) is 5.10 Å². The molecule has 3 aromatic rings. The van der Waals surface area contributed by atoms with Crippen LogP contribution in [-0.2, 0) is 6.42 Å². The number of carbonyl (C=O) groups is 1. The number of rotatable bonds is 2. The van der Waals surface area contributed by atoms with Gasteiger partial charge in [0.25, 0.3) is 0 Å². The maximum absolute atomic E-state index is 12.8. The van der Waals surface area contributed by atoms with E-state index in [0.717, 1.165) is 30.3 Å². The number of nitrogens with zero attached hydrogens (tertiary/aromatic N) is 4. The molecule has 0 N–H and O–H groups in total. The number of carbonyl (C=O) groups excluding carboxylic acids is 1. The Bertz CT molecular complexity index is 1030. The molecule has 3 aromatic heterocycles. The number of Topliss-reactive ketones (excluding diaryl/α,β-unsaturated/α-hetero) is 1. The lowest BCUT2D eigenvalue weighted by Gasteiger charge is -2.13. The Kier molecular flexibility index (Phi) is 4.14. The van der Waals surface area contributed by atoms with Gasteiger partial charge in [0, 0.05) is 25.8 Å². The van der Waals surface area contributed by atoms with Crippen molar-refractivity contribution in [2.24, 2.45) is 4.99 Å². The van der Waals surface area contributed by atoms with Gasteiger partial charge in [-0.15, -0.1) is 0 Å². The predicted octanol–water partition coefficient (Wildman–Crippen LogP) is 4.92. The average Bonchev–Trinajstić information content (AvgIpc) is 2.97. The minimum Gasteiger partial charge on any atom is -0.285 e. The Morgan fingerprint density at radius 2 is 1.92 bits per heavy atom. The molecule has 0 bridgehead atoms. The van der Waals surface area contributed by atoms with E-state index in [4.69, 9.17) is 0 Å². The largest absolute Gasteiger partial charge is 0.285 e. The third kappa shape index (κ3) is 2.87. The second-order valence-corrected chi connectivity index (χ2v) is 8.06. The van der Waals surface area contributed by atoms with Gasteiger partial charge in [-0.3, -0.25) is 9.78 Å². The van der Waals surface area contributed by atoms with Crippen LogP contribution in [0.2, 0.25) is 0 Å². The van der Waals surface area contributed by atoms with Crippen molar-refractivity contribution in [3.63, 3.8) is 0 Å². The maximum Gasteiger partial charge on any atom is 0.227 e. The second kappa shape index (κ2) is 6.16. The van der Waals surface area contributed by atoms with E-state index in [2.05, 4.69) is 62.9 Å². The average molecular weight is 513 g/mol. The number of aromatic nitrogens is 3. The van der Waals surface area contributed by atoms with Crippen LogP contribution in [0.1, 0.15) is 22.6 Å². The van der Waals surface area contributed by atoms with Crippen LogP contribution in [0, 0.1) is 0 Å². The van der Waals surface area contributed by atoms with Crippen molar-refractivity contribution in [2.45, 2.75) is 12.8 Å². The van der Waals surface area contributed by atoms with Gasteiger partial charge in [-0.1, -0.05) is 0 Å². The number of hydrogen-bond donors (Lipinski definition) is 0. The third-order valence-corrected chi connectivity index (χ3v) is 5.26. The zero-order valence-electron chi connectivity index (χ0n) is 12.1. The number of aliphatic imine (C=N–C) groups is 1. The number of aryl methyl sites for hydroxylation is 1. The molecule has 0 aliphatic carbocycles. The van der Waals surface area contributed by atoms with Crippen LogP contribution >= 0.6 is 47.8 Å². The minimum absolute atomic E-state index is 0.146. The highest BCUT2D eigenvalue weighted by molar-refractivity contribution is 9.11. The summed E-state index contributed by atoms with van der Waals surface area (Å²) in [6.45, 7) is 0. The summed E-state index contributed by atoms with van der Waals surface area (Å²) >= 11 is 10.3. The summed E-state index contributed by atoms with van der Waals surface area (Å²) in [5.74, 6) is -0.146. The number of ketones is 1. The van der Waals surface area contributed by atoms with Crippen LogP contribution in [0.5, 0.6) is 0 Å². The second-order valence-electron chi connectivity index (χ2n) is 5.37. The lowest BCUT2D eigenvalue weighted by atomic mass is 10.0. The van der Waals surface area contributed by atoms with E-state index >= 15 is 0 Å². The zero-order chi connectivity index (χ0) is 16.8. The quantitative estimate of drug-likeness (QED) is 0.458. The number of halogens is 3. The van der Waals surface area contributed by atoms with Crippen molar-refractivity contribution in [3.05, 3.63) is 55.4 Å². The van der Waals surface area contributed by atoms with E-state index in [0.29, 0.717) is 24.2 Å². The normalized spacial score (nSPS) is 13.7. The first kappa shape index (κ1) is 16.1. The molecule has 0 saturated heterocycles. The highest BCUT2D eigenvalue weighted by Gasteiger charge is 2.23. The Hall–Kier alpha value is -1.38. The van der Waals surface area contributed by atoms with Crippen molar-refractivity contribution in [2.75, 3.05) is 0 Å². The standard InChI is InChI=1S/C16H9Br3N4O/c17-8-4-13-11(20-6-8)1-2-12(21-13)16(24)14-5-15-10(19)3-9(18)7-23(15)22-14/h3-7H,1-2H2. The summed E-state index contributed by atoms with van der Waals surface area (Å²) in [7, 11) is 0. The van der Waals surface area contributed by atoms with E-state index in [1.807, 2.05) is 18.3 Å². The van der Waals surface area contributed by atoms with E-state index in [1.54, 1.807) is 16.8 Å². The molecule has 0 aromatic carbocycles. The first-order valence-electron chi connectivity index (χ1n) is 7.12. The summed E-state index contributed by atoms with van der Waals surface area (Å²) in [6.07, 6.45) is 4.84. The molecule has 0 fully saturated rings. The van der Waals surface area contributed by atoms with Gasteiger partial charge in [-0.05, 0) is 78.8 Å². The molecule has 0 spiro atoms. The van der Waals surface area contributed by atoms with Crippen molar-refractivity contribution in [1.29, 1.82) is 0 Å². The molecular weight excluding hydrogens is 504 g/mol. The van der Waals surface area contributed by atoms with Crippen molar-refractivity contribution < 1.29 is 4.79 Å². The Morgan fingerprint density at radius 3 is 2.75 bits per heavy atom. The molecule has 4 heterocycles. The fourth-order valence-corrected chi connectivity index (χ4v) is 4.22. The minimum atomic E-state index is -0.146. The predicted molar refractivity (Wildman–Crippen MR) is 102 cm³/mol. The first-order chi connectivity index (χ1) is 11.5. The van der Waals surface area contributed by atoms with Crippen LogP contribution in [0.25, 0.3) is 5.52 Å². The summed E-state index contributed by atoms with van der Waals surface area (Å²) in [6, 6.07) is 5.57. The summed E-state index contributed by atoms with van der Waals surface area (Å²) in [5, 5.41) is 4.38. The van der Waals surface area contributed by atoms with Gasteiger partial charge >= 0.3 is 0 Å². The van der Waals surface area contributed by atoms with Gasteiger partial charge in [0.1, 0.15) is 5.69 Å². The highest BCUT2D eigenvalue weighted by atomic mass is 79.9. The van der Waals surface area contributed by atoms with Crippen LogP contribution in [0.15, 0.2) is 49.0 Å². The number of fused-ring (bicyclic) bond motifs is 2. The fourth-order valence-electron chi connectivity index (χ4n) is 2.63. The summed E-state index contributed by atoms with van der Waals surface area (Å²) in [5.41, 5.74) is 3.39. The smallest absolute Gasteiger partial charge is 0.227 e. The Balaban J connectivity index is 1.75. The van der Waals surface area contributed by atoms with Crippen LogP contribution in [0.3, 0.4) is 0 Å². The molecule has 0 amide bonds. The Morgan fingerprint density at radius 1 is 1.08 bits per heavy atom. The number of pyridine rings is 2. The van der Waals surface area contributed by atoms with Crippen molar-refractivity contribution in [1.82, 2.24) is 14.6 Å². The summed E-state index contributed by atoms with van der Waals surface area (Å²) < 4.78 is 4.27. The molecular formula is C16H9Br3N4O. The molecule has 24 heavy (non-hydrogen) atoms. The lowest BCUT2D eigenvalue weighted by Crippen LogP contribution is -2.18. The topological polar surface area (TPSA) is 59.6 Å². The fraction of sp³-hybridized carbons (Fsp3) is 0.125. The molecule has 0 atom stereocenters. The van der Waals surface area contributed by atoms with E-state index < -0.39 is 0 Å². The van der Waals surface area contributed by atoms with Crippen LogP contribution < -0.4 is 0 Å². The molecule has 5 nitrogen and oxygen atoms in total. The van der Waals surface area contributed by atoms with E-state index in [1.165, 1.54) is 0 Å². The summed E-state index contributed by atoms with van der Waals surface area (Å²) in [4.78, 5) is 21.6. The molecule has 0 radical (unpaired) electrons. The molecule has 0 saturated carbocycles. The van der Waals surface area contributed by atoms with Gasteiger partial charge in [0.05, 0.1) is 22.6 Å². The van der Waals surface area contributed by atoms with E-state index in [-0.39, 0.29) is 5.78 Å². The molecule has 1 aliphatic rings. The molecule has 0 unspecified atom stereocenters. The van der Waals surface area contributed by atoms with Gasteiger partial charge < -0.3 is 0 Å². The van der Waals surface area contributed by atoms with E-state index in [9.17, 15) is 4.79 Å². The van der Waals surface area contributed by atoms with Crippen LogP contribution in [-0.4, -0.2) is 26.1 Å². The molecule has 4 rings (SSSR count). The van der Waals surface area contributed by atoms with Gasteiger partial charge in [0.2, 0.25) is 5.78 Å². The third-order valence-electron chi connectivity index (χ3n) is 3.75. The monoisotopic (exact) mass is 510 g/mol. The van der Waals surface area contributed by atoms with Crippen molar-refractivity contribution >= 4 is 70.5 Å². The highest BCUT2D eigenvalue weighted by Crippen LogP contribution is 2.28. The maximum atomic E-state index is 12.8. The molecule has 120 valence electrons. The number of hydrogen-bond acceptors (Lipinski definition) is 4. The van der Waals surface area contributed by atoms with Gasteiger partial charge in [0.15, 0.2) is 0 Å². The van der Waals surface area contributed by atoms with Gasteiger partial charge in [-0.25, -0.2) is 9.51 Å². The first-order valence-corrected chi connectivity index (χ1v) is 9.50. The molecule has 1 aliphatic heterocycles. The molecule has 8 heteroatoms.